The molecule has 9 nitrogen and oxygen atoms in total. The van der Waals surface area contributed by atoms with E-state index in [0.717, 1.165) is 6.07 Å². The summed E-state index contributed by atoms with van der Waals surface area (Å²) in [7, 11) is 0. The lowest BCUT2D eigenvalue weighted by molar-refractivity contribution is -0.384. The number of nitro benzene ring substituents is 1. The van der Waals surface area contributed by atoms with E-state index in [2.05, 4.69) is 26.5 Å². The number of esters is 1. The molecule has 0 saturated carbocycles. The molecule has 0 aliphatic rings. The lowest BCUT2D eigenvalue weighted by Crippen LogP contribution is -2.24. The number of hydrogen-bond donors (Lipinski definition) is 1. The Morgan fingerprint density at radius 2 is 1.88 bits per heavy atom. The van der Waals surface area contributed by atoms with Crippen LogP contribution in [0, 0.1) is 15.9 Å². The van der Waals surface area contributed by atoms with Gasteiger partial charge in [-0.3, -0.25) is 14.9 Å². The molecule has 11 heteroatoms. The standard InChI is InChI=1S/C22H15BrFN3O6/c23-19-11-17(27(30)31)6-9-20(19)32-13-21(28)26-25-12-14-4-7-18(8-5-14)33-22(29)15-2-1-3-16(24)10-15/h1-12H,13H2,(H,26,28). The average Bonchev–Trinajstić information content (AvgIpc) is 2.79. The van der Waals surface area contributed by atoms with E-state index in [0.29, 0.717) is 10.0 Å². The Hall–Kier alpha value is -4.12. The van der Waals surface area contributed by atoms with Crippen molar-refractivity contribution in [1.82, 2.24) is 5.43 Å². The summed E-state index contributed by atoms with van der Waals surface area (Å²) in [5.41, 5.74) is 2.87. The molecule has 3 aromatic carbocycles. The first-order valence-corrected chi connectivity index (χ1v) is 10.1. The molecule has 3 aromatic rings. The maximum Gasteiger partial charge on any atom is 0.343 e. The van der Waals surface area contributed by atoms with Gasteiger partial charge in [-0.15, -0.1) is 0 Å². The molecule has 0 aromatic heterocycles. The third kappa shape index (κ3) is 6.94. The van der Waals surface area contributed by atoms with Crippen LogP contribution in [0.2, 0.25) is 0 Å². The lowest BCUT2D eigenvalue weighted by Gasteiger charge is -2.07. The molecule has 33 heavy (non-hydrogen) atoms. The van der Waals surface area contributed by atoms with Gasteiger partial charge in [0.1, 0.15) is 17.3 Å². The summed E-state index contributed by atoms with van der Waals surface area (Å²) in [6.45, 7) is -0.358. The van der Waals surface area contributed by atoms with Gasteiger partial charge < -0.3 is 9.47 Å². The number of hydrogen-bond acceptors (Lipinski definition) is 7. The predicted molar refractivity (Wildman–Crippen MR) is 120 cm³/mol. The van der Waals surface area contributed by atoms with E-state index in [4.69, 9.17) is 9.47 Å². The summed E-state index contributed by atoms with van der Waals surface area (Å²) in [6.07, 6.45) is 1.37. The van der Waals surface area contributed by atoms with Gasteiger partial charge in [0.25, 0.3) is 11.6 Å². The highest BCUT2D eigenvalue weighted by molar-refractivity contribution is 9.10. The van der Waals surface area contributed by atoms with Crippen LogP contribution in [0.5, 0.6) is 11.5 Å². The van der Waals surface area contributed by atoms with Crippen molar-refractivity contribution < 1.29 is 28.4 Å². The Labute approximate surface area is 195 Å². The highest BCUT2D eigenvalue weighted by atomic mass is 79.9. The monoisotopic (exact) mass is 515 g/mol. The minimum Gasteiger partial charge on any atom is -0.483 e. The number of ether oxygens (including phenoxy) is 2. The molecule has 0 atom stereocenters. The van der Waals surface area contributed by atoms with Crippen molar-refractivity contribution in [2.75, 3.05) is 6.61 Å². The van der Waals surface area contributed by atoms with E-state index in [9.17, 15) is 24.1 Å². The van der Waals surface area contributed by atoms with Crippen molar-refractivity contribution in [3.8, 4) is 11.5 Å². The zero-order chi connectivity index (χ0) is 23.8. The summed E-state index contributed by atoms with van der Waals surface area (Å²) in [5.74, 6) is -1.25. The topological polar surface area (TPSA) is 120 Å². The molecular weight excluding hydrogens is 501 g/mol. The molecule has 0 unspecified atom stereocenters. The van der Waals surface area contributed by atoms with E-state index in [1.807, 2.05) is 0 Å². The van der Waals surface area contributed by atoms with Gasteiger partial charge in [0.15, 0.2) is 6.61 Å². The van der Waals surface area contributed by atoms with E-state index in [1.54, 1.807) is 12.1 Å². The van der Waals surface area contributed by atoms with Gasteiger partial charge in [0.05, 0.1) is 21.2 Å². The van der Waals surface area contributed by atoms with E-state index < -0.39 is 22.6 Å². The number of nitrogens with zero attached hydrogens (tertiary/aromatic N) is 2. The van der Waals surface area contributed by atoms with Crippen LogP contribution in [0.15, 0.2) is 76.3 Å². The van der Waals surface area contributed by atoms with Gasteiger partial charge in [-0.25, -0.2) is 14.6 Å². The maximum atomic E-state index is 13.2. The molecule has 0 spiro atoms. The molecule has 0 aliphatic heterocycles. The molecule has 1 N–H and O–H groups in total. The predicted octanol–water partition coefficient (Wildman–Crippen LogP) is 4.24. The Morgan fingerprint density at radius 3 is 2.55 bits per heavy atom. The summed E-state index contributed by atoms with van der Waals surface area (Å²) in [5, 5.41) is 14.5. The van der Waals surface area contributed by atoms with Crippen LogP contribution < -0.4 is 14.9 Å². The molecule has 3 rings (SSSR count). The third-order valence-corrected chi connectivity index (χ3v) is 4.66. The van der Waals surface area contributed by atoms with Crippen LogP contribution in [-0.4, -0.2) is 29.6 Å². The Morgan fingerprint density at radius 1 is 1.12 bits per heavy atom. The number of hydrazone groups is 1. The first-order valence-electron chi connectivity index (χ1n) is 9.28. The number of benzene rings is 3. The molecule has 0 radical (unpaired) electrons. The number of amides is 1. The van der Waals surface area contributed by atoms with Crippen molar-refractivity contribution in [1.29, 1.82) is 0 Å². The summed E-state index contributed by atoms with van der Waals surface area (Å²) >= 11 is 3.15. The lowest BCUT2D eigenvalue weighted by atomic mass is 10.2. The van der Waals surface area contributed by atoms with Crippen LogP contribution in [0.3, 0.4) is 0 Å². The van der Waals surface area contributed by atoms with Gasteiger partial charge >= 0.3 is 5.97 Å². The van der Waals surface area contributed by atoms with Crippen LogP contribution in [0.25, 0.3) is 0 Å². The normalized spacial score (nSPS) is 10.6. The molecule has 0 fully saturated rings. The van der Waals surface area contributed by atoms with Crippen LogP contribution in [-0.2, 0) is 4.79 Å². The highest BCUT2D eigenvalue weighted by Crippen LogP contribution is 2.28. The summed E-state index contributed by atoms with van der Waals surface area (Å²) in [4.78, 5) is 34.1. The van der Waals surface area contributed by atoms with E-state index in [-0.39, 0.29) is 29.4 Å². The molecule has 0 heterocycles. The number of carbonyl (C=O) groups is 2. The Balaban J connectivity index is 1.47. The third-order valence-electron chi connectivity index (χ3n) is 4.04. The maximum absolute atomic E-state index is 13.2. The smallest absolute Gasteiger partial charge is 0.343 e. The SMILES string of the molecule is O=C(COc1ccc([N+](=O)[O-])cc1Br)NN=Cc1ccc(OC(=O)c2cccc(F)c2)cc1. The van der Waals surface area contributed by atoms with Crippen LogP contribution >= 0.6 is 15.9 Å². The largest absolute Gasteiger partial charge is 0.483 e. The number of carbonyl (C=O) groups excluding carboxylic acids is 2. The van der Waals surface area contributed by atoms with Gasteiger partial charge in [0, 0.05) is 12.1 Å². The Kier molecular flexibility index (Phi) is 7.82. The zero-order valence-electron chi connectivity index (χ0n) is 16.7. The number of non-ortho nitro benzene ring substituents is 1. The fourth-order valence-corrected chi connectivity index (χ4v) is 2.96. The van der Waals surface area contributed by atoms with Crippen molar-refractivity contribution in [2.24, 2.45) is 5.10 Å². The minimum absolute atomic E-state index is 0.0892. The van der Waals surface area contributed by atoms with Crippen molar-refractivity contribution in [3.63, 3.8) is 0 Å². The number of halogens is 2. The number of nitrogens with one attached hydrogen (secondary N) is 1. The molecular formula is C22H15BrFN3O6. The minimum atomic E-state index is -0.692. The number of rotatable bonds is 8. The highest BCUT2D eigenvalue weighted by Gasteiger charge is 2.11. The number of nitro groups is 1. The molecule has 168 valence electrons. The molecule has 0 saturated heterocycles. The average molecular weight is 516 g/mol. The van der Waals surface area contributed by atoms with Gasteiger partial charge in [0.2, 0.25) is 0 Å². The fourth-order valence-electron chi connectivity index (χ4n) is 2.48. The quantitative estimate of drug-likeness (QED) is 0.157. The zero-order valence-corrected chi connectivity index (χ0v) is 18.3. The van der Waals surface area contributed by atoms with Crippen molar-refractivity contribution in [3.05, 3.63) is 98.3 Å². The van der Waals surface area contributed by atoms with Gasteiger partial charge in [-0.1, -0.05) is 6.07 Å². The van der Waals surface area contributed by atoms with Crippen molar-refractivity contribution >= 4 is 39.7 Å². The first-order chi connectivity index (χ1) is 15.8. The first kappa shape index (κ1) is 23.5. The second kappa shape index (κ2) is 11.0. The van der Waals surface area contributed by atoms with Gasteiger partial charge in [-0.2, -0.15) is 5.10 Å². The second-order valence-corrected chi connectivity index (χ2v) is 7.28. The van der Waals surface area contributed by atoms with Crippen LogP contribution in [0.4, 0.5) is 10.1 Å². The molecule has 1 amide bonds. The second-order valence-electron chi connectivity index (χ2n) is 6.42. The fraction of sp³-hybridized carbons (Fsp3) is 0.0455. The molecule has 0 bridgehead atoms. The summed E-state index contributed by atoms with van der Waals surface area (Å²) in [6, 6.07) is 15.3. The van der Waals surface area contributed by atoms with Crippen LogP contribution in [0.1, 0.15) is 15.9 Å². The van der Waals surface area contributed by atoms with E-state index >= 15 is 0 Å². The van der Waals surface area contributed by atoms with Gasteiger partial charge in [-0.05, 0) is 70.0 Å². The summed E-state index contributed by atoms with van der Waals surface area (Å²) < 4.78 is 24.0. The Bertz CT molecular complexity index is 1220. The molecule has 0 aliphatic carbocycles. The van der Waals surface area contributed by atoms with Crippen molar-refractivity contribution in [2.45, 2.75) is 0 Å². The van der Waals surface area contributed by atoms with E-state index in [1.165, 1.54) is 54.7 Å².